The molecule has 0 saturated heterocycles. The maximum atomic E-state index is 10.0. The SMILES string of the molecule is Cc1nsc(NC(=O)O)n1. The van der Waals surface area contributed by atoms with Crippen molar-refractivity contribution in [3.63, 3.8) is 0 Å². The van der Waals surface area contributed by atoms with E-state index >= 15 is 0 Å². The Morgan fingerprint density at radius 1 is 1.80 bits per heavy atom. The Kier molecular flexibility index (Phi) is 1.81. The molecule has 1 aromatic rings. The van der Waals surface area contributed by atoms with Crippen molar-refractivity contribution < 1.29 is 9.90 Å². The molecule has 54 valence electrons. The van der Waals surface area contributed by atoms with Gasteiger partial charge in [0, 0.05) is 11.5 Å². The molecule has 1 rings (SSSR count). The second kappa shape index (κ2) is 2.61. The van der Waals surface area contributed by atoms with Crippen molar-refractivity contribution in [1.29, 1.82) is 0 Å². The molecule has 0 unspecified atom stereocenters. The molecule has 0 aliphatic rings. The predicted octanol–water partition coefficient (Wildman–Crippen LogP) is 0.936. The molecule has 0 saturated carbocycles. The lowest BCUT2D eigenvalue weighted by Gasteiger charge is -1.88. The number of amides is 1. The van der Waals surface area contributed by atoms with Crippen molar-refractivity contribution in [3.05, 3.63) is 5.82 Å². The summed E-state index contributed by atoms with van der Waals surface area (Å²) in [4.78, 5) is 13.8. The van der Waals surface area contributed by atoms with Crippen molar-refractivity contribution in [2.24, 2.45) is 0 Å². The lowest BCUT2D eigenvalue weighted by atomic mass is 10.7. The Bertz CT molecular complexity index is 246. The number of nitrogens with zero attached hydrogens (tertiary/aromatic N) is 2. The molecular formula is C4H5N3O2S. The zero-order chi connectivity index (χ0) is 7.56. The van der Waals surface area contributed by atoms with Gasteiger partial charge in [0.15, 0.2) is 0 Å². The van der Waals surface area contributed by atoms with Crippen molar-refractivity contribution in [3.8, 4) is 0 Å². The van der Waals surface area contributed by atoms with Gasteiger partial charge >= 0.3 is 6.09 Å². The standard InChI is InChI=1S/C4H5N3O2S/c1-2-5-3(10-7-2)6-4(8)9/h1H3,(H,8,9)(H,5,6,7). The number of nitrogens with one attached hydrogen (secondary N) is 1. The molecule has 0 fully saturated rings. The lowest BCUT2D eigenvalue weighted by Crippen LogP contribution is -2.06. The highest BCUT2D eigenvalue weighted by molar-refractivity contribution is 7.09. The zero-order valence-electron chi connectivity index (χ0n) is 5.16. The highest BCUT2D eigenvalue weighted by atomic mass is 32.1. The van der Waals surface area contributed by atoms with Gasteiger partial charge < -0.3 is 5.11 Å². The molecule has 10 heavy (non-hydrogen) atoms. The van der Waals surface area contributed by atoms with Crippen LogP contribution in [0.2, 0.25) is 0 Å². The van der Waals surface area contributed by atoms with E-state index in [4.69, 9.17) is 5.11 Å². The summed E-state index contributed by atoms with van der Waals surface area (Å²) in [5.41, 5.74) is 0. The van der Waals surface area contributed by atoms with Crippen molar-refractivity contribution in [2.75, 3.05) is 5.32 Å². The van der Waals surface area contributed by atoms with Crippen LogP contribution in [0.25, 0.3) is 0 Å². The molecule has 1 heterocycles. The summed E-state index contributed by atoms with van der Waals surface area (Å²) in [6.07, 6.45) is -1.11. The third kappa shape index (κ3) is 1.66. The molecule has 0 radical (unpaired) electrons. The molecule has 0 aliphatic heterocycles. The fourth-order valence-electron chi connectivity index (χ4n) is 0.439. The third-order valence-electron chi connectivity index (χ3n) is 0.741. The van der Waals surface area contributed by atoms with E-state index in [-0.39, 0.29) is 0 Å². The molecule has 6 heteroatoms. The number of anilines is 1. The van der Waals surface area contributed by atoms with Crippen LogP contribution in [0.4, 0.5) is 9.93 Å². The van der Waals surface area contributed by atoms with Crippen molar-refractivity contribution in [1.82, 2.24) is 9.36 Å². The van der Waals surface area contributed by atoms with Crippen LogP contribution in [0.5, 0.6) is 0 Å². The number of aryl methyl sites for hydroxylation is 1. The number of hydrogen-bond donors (Lipinski definition) is 2. The fraction of sp³-hybridized carbons (Fsp3) is 0.250. The van der Waals surface area contributed by atoms with Crippen LogP contribution in [0.1, 0.15) is 5.82 Å². The Balaban J connectivity index is 2.67. The van der Waals surface area contributed by atoms with Gasteiger partial charge in [-0.2, -0.15) is 4.37 Å². The van der Waals surface area contributed by atoms with E-state index in [1.54, 1.807) is 6.92 Å². The Morgan fingerprint density at radius 3 is 2.90 bits per heavy atom. The summed E-state index contributed by atoms with van der Waals surface area (Å²) in [5.74, 6) is 0.578. The molecule has 0 atom stereocenters. The molecule has 0 bridgehead atoms. The number of carbonyl (C=O) groups is 1. The van der Waals surface area contributed by atoms with E-state index in [0.29, 0.717) is 11.0 Å². The smallest absolute Gasteiger partial charge is 0.411 e. The van der Waals surface area contributed by atoms with Crippen molar-refractivity contribution in [2.45, 2.75) is 6.92 Å². The average molecular weight is 159 g/mol. The summed E-state index contributed by atoms with van der Waals surface area (Å²) >= 11 is 1.02. The van der Waals surface area contributed by atoms with Crippen molar-refractivity contribution >= 4 is 22.8 Å². The van der Waals surface area contributed by atoms with Crippen LogP contribution >= 0.6 is 11.5 Å². The van der Waals surface area contributed by atoms with Gasteiger partial charge in [0.1, 0.15) is 5.82 Å². The third-order valence-corrected chi connectivity index (χ3v) is 1.46. The first-order valence-corrected chi connectivity index (χ1v) is 3.26. The van der Waals surface area contributed by atoms with Crippen LogP contribution in [-0.4, -0.2) is 20.6 Å². The van der Waals surface area contributed by atoms with Crippen LogP contribution in [0, 0.1) is 6.92 Å². The summed E-state index contributed by atoms with van der Waals surface area (Å²) in [7, 11) is 0. The summed E-state index contributed by atoms with van der Waals surface area (Å²) in [6.45, 7) is 1.70. The van der Waals surface area contributed by atoms with Gasteiger partial charge in [0.05, 0.1) is 0 Å². The van der Waals surface area contributed by atoms with Gasteiger partial charge in [0.2, 0.25) is 5.13 Å². The quantitative estimate of drug-likeness (QED) is 0.639. The van der Waals surface area contributed by atoms with E-state index < -0.39 is 6.09 Å². The maximum Gasteiger partial charge on any atom is 0.411 e. The Morgan fingerprint density at radius 2 is 2.50 bits per heavy atom. The second-order valence-corrected chi connectivity index (χ2v) is 2.33. The van der Waals surface area contributed by atoms with E-state index in [2.05, 4.69) is 14.7 Å². The zero-order valence-corrected chi connectivity index (χ0v) is 5.97. The highest BCUT2D eigenvalue weighted by Crippen LogP contribution is 2.08. The van der Waals surface area contributed by atoms with Gasteiger partial charge in [-0.25, -0.2) is 9.78 Å². The first-order valence-electron chi connectivity index (χ1n) is 2.49. The van der Waals surface area contributed by atoms with Crippen LogP contribution < -0.4 is 5.32 Å². The molecule has 0 spiro atoms. The Hall–Kier alpha value is -1.17. The van der Waals surface area contributed by atoms with Gasteiger partial charge in [-0.15, -0.1) is 0 Å². The predicted molar refractivity (Wildman–Crippen MR) is 36.3 cm³/mol. The van der Waals surface area contributed by atoms with E-state index in [9.17, 15) is 4.79 Å². The molecule has 0 aliphatic carbocycles. The van der Waals surface area contributed by atoms with Gasteiger partial charge in [-0.05, 0) is 6.92 Å². The normalized spacial score (nSPS) is 9.30. The summed E-state index contributed by atoms with van der Waals surface area (Å²) < 4.78 is 3.77. The minimum Gasteiger partial charge on any atom is -0.465 e. The van der Waals surface area contributed by atoms with Crippen LogP contribution in [0.3, 0.4) is 0 Å². The minimum absolute atomic E-state index is 0.310. The van der Waals surface area contributed by atoms with Gasteiger partial charge in [0.25, 0.3) is 0 Å². The summed E-state index contributed by atoms with van der Waals surface area (Å²) in [6, 6.07) is 0. The molecule has 1 amide bonds. The topological polar surface area (TPSA) is 75.1 Å². The molecule has 1 aromatic heterocycles. The minimum atomic E-state index is -1.11. The Labute approximate surface area is 60.9 Å². The van der Waals surface area contributed by atoms with E-state index in [0.717, 1.165) is 11.5 Å². The van der Waals surface area contributed by atoms with Gasteiger partial charge in [-0.1, -0.05) is 0 Å². The van der Waals surface area contributed by atoms with Gasteiger partial charge in [-0.3, -0.25) is 5.32 Å². The molecule has 5 nitrogen and oxygen atoms in total. The molecule has 2 N–H and O–H groups in total. The fourth-order valence-corrected chi connectivity index (χ4v) is 1.00. The number of hydrogen-bond acceptors (Lipinski definition) is 4. The molecular weight excluding hydrogens is 154 g/mol. The largest absolute Gasteiger partial charge is 0.465 e. The van der Waals surface area contributed by atoms with Crippen LogP contribution in [0.15, 0.2) is 0 Å². The second-order valence-electron chi connectivity index (χ2n) is 1.58. The highest BCUT2D eigenvalue weighted by Gasteiger charge is 2.01. The average Bonchev–Trinajstić information content (AvgIpc) is 2.13. The van der Waals surface area contributed by atoms with E-state index in [1.165, 1.54) is 0 Å². The number of rotatable bonds is 1. The van der Waals surface area contributed by atoms with E-state index in [1.807, 2.05) is 0 Å². The molecule has 0 aromatic carbocycles. The number of carboxylic acid groups (broad SMARTS) is 1. The summed E-state index contributed by atoms with van der Waals surface area (Å²) in [5, 5.41) is 10.6. The lowest BCUT2D eigenvalue weighted by molar-refractivity contribution is 0.209. The first-order chi connectivity index (χ1) is 4.68. The first kappa shape index (κ1) is 6.94. The monoisotopic (exact) mass is 159 g/mol. The number of aromatic nitrogens is 2. The van der Waals surface area contributed by atoms with Crippen LogP contribution in [-0.2, 0) is 0 Å². The maximum absolute atomic E-state index is 10.0.